The van der Waals surface area contributed by atoms with Crippen molar-refractivity contribution in [2.24, 2.45) is 0 Å². The van der Waals surface area contributed by atoms with Crippen LogP contribution in [0.5, 0.6) is 0 Å². The molecule has 130 valence electrons. The fraction of sp³-hybridized carbons (Fsp3) is 0.100. The quantitative estimate of drug-likeness (QED) is 0.553. The molecule has 0 fully saturated rings. The topological polar surface area (TPSA) is 64.8 Å². The predicted molar refractivity (Wildman–Crippen MR) is 101 cm³/mol. The molecular formula is C20H17N3O2S. The highest BCUT2D eigenvalue weighted by Gasteiger charge is 2.25. The Labute approximate surface area is 152 Å². The van der Waals surface area contributed by atoms with Gasteiger partial charge in [0.2, 0.25) is 0 Å². The Balaban J connectivity index is 2.09. The number of benzene rings is 2. The summed E-state index contributed by atoms with van der Waals surface area (Å²) < 4.78 is 28.1. The number of aromatic nitrogens is 3. The molecule has 0 aliphatic carbocycles. The maximum atomic E-state index is 13.4. The largest absolute Gasteiger partial charge is 0.269 e. The van der Waals surface area contributed by atoms with E-state index in [0.29, 0.717) is 11.3 Å². The molecule has 4 rings (SSSR count). The second-order valence-corrected chi connectivity index (χ2v) is 7.96. The maximum absolute atomic E-state index is 13.4. The van der Waals surface area contributed by atoms with Gasteiger partial charge in [0.05, 0.1) is 16.3 Å². The van der Waals surface area contributed by atoms with Crippen LogP contribution in [0.4, 0.5) is 0 Å². The summed E-state index contributed by atoms with van der Waals surface area (Å²) in [5.41, 5.74) is 3.63. The van der Waals surface area contributed by atoms with Crippen molar-refractivity contribution in [2.75, 3.05) is 0 Å². The van der Waals surface area contributed by atoms with Crippen molar-refractivity contribution in [3.05, 3.63) is 78.2 Å². The average Bonchev–Trinajstić information content (AvgIpc) is 3.05. The normalized spacial score (nSPS) is 11.8. The van der Waals surface area contributed by atoms with Crippen molar-refractivity contribution in [2.45, 2.75) is 18.7 Å². The van der Waals surface area contributed by atoms with Gasteiger partial charge in [0.1, 0.15) is 6.33 Å². The number of rotatable bonds is 3. The lowest BCUT2D eigenvalue weighted by atomic mass is 10.1. The summed E-state index contributed by atoms with van der Waals surface area (Å²) in [5.74, 6) is 0. The van der Waals surface area contributed by atoms with Crippen LogP contribution in [0.15, 0.2) is 71.9 Å². The molecule has 0 N–H and O–H groups in total. The molecule has 2 aromatic carbocycles. The Morgan fingerprint density at radius 2 is 1.58 bits per heavy atom. The van der Waals surface area contributed by atoms with Crippen LogP contribution in [0.2, 0.25) is 0 Å². The van der Waals surface area contributed by atoms with Crippen molar-refractivity contribution in [3.63, 3.8) is 0 Å². The van der Waals surface area contributed by atoms with Crippen LogP contribution in [0, 0.1) is 13.8 Å². The first-order valence-electron chi connectivity index (χ1n) is 8.19. The van der Waals surface area contributed by atoms with Crippen molar-refractivity contribution in [1.82, 2.24) is 13.9 Å². The summed E-state index contributed by atoms with van der Waals surface area (Å²) >= 11 is 0. The zero-order valence-corrected chi connectivity index (χ0v) is 15.2. The molecule has 6 heteroatoms. The van der Waals surface area contributed by atoms with E-state index in [2.05, 4.69) is 9.97 Å². The van der Waals surface area contributed by atoms with Gasteiger partial charge >= 0.3 is 0 Å². The molecular weight excluding hydrogens is 346 g/mol. The van der Waals surface area contributed by atoms with E-state index in [1.165, 1.54) is 10.3 Å². The minimum absolute atomic E-state index is 0.224. The standard InChI is InChI=1S/C20H17N3O2S/c1-14-8-10-16(11-9-14)19-12-18-15(2)21-13-22-20(18)23(19)26(24,25)17-6-4-3-5-7-17/h3-13H,1-2H3. The Kier molecular flexibility index (Phi) is 3.85. The lowest BCUT2D eigenvalue weighted by Crippen LogP contribution is -2.14. The van der Waals surface area contributed by atoms with Gasteiger partial charge in [-0.25, -0.2) is 22.4 Å². The van der Waals surface area contributed by atoms with E-state index in [1.807, 2.05) is 44.2 Å². The molecule has 0 radical (unpaired) electrons. The highest BCUT2D eigenvalue weighted by molar-refractivity contribution is 7.90. The zero-order valence-electron chi connectivity index (χ0n) is 14.4. The third kappa shape index (κ3) is 2.59. The molecule has 4 aromatic rings. The fourth-order valence-electron chi connectivity index (χ4n) is 2.98. The Morgan fingerprint density at radius 3 is 2.27 bits per heavy atom. The van der Waals surface area contributed by atoms with Crippen molar-refractivity contribution in [3.8, 4) is 11.3 Å². The summed E-state index contributed by atoms with van der Waals surface area (Å²) in [6.45, 7) is 3.85. The van der Waals surface area contributed by atoms with E-state index in [-0.39, 0.29) is 4.90 Å². The Morgan fingerprint density at radius 1 is 0.885 bits per heavy atom. The first-order chi connectivity index (χ1) is 12.5. The molecule has 26 heavy (non-hydrogen) atoms. The number of aryl methyl sites for hydroxylation is 2. The second-order valence-electron chi connectivity index (χ2n) is 6.17. The lowest BCUT2D eigenvalue weighted by molar-refractivity contribution is 0.589. The number of hydrogen-bond acceptors (Lipinski definition) is 4. The summed E-state index contributed by atoms with van der Waals surface area (Å²) in [6.07, 6.45) is 1.40. The van der Waals surface area contributed by atoms with Gasteiger partial charge in [-0.1, -0.05) is 48.0 Å². The average molecular weight is 363 g/mol. The lowest BCUT2D eigenvalue weighted by Gasteiger charge is -2.11. The zero-order chi connectivity index (χ0) is 18.3. The number of hydrogen-bond donors (Lipinski definition) is 0. The number of nitrogens with zero attached hydrogens (tertiary/aromatic N) is 3. The summed E-state index contributed by atoms with van der Waals surface area (Å²) in [7, 11) is -3.80. The first kappa shape index (κ1) is 16.5. The highest BCUT2D eigenvalue weighted by Crippen LogP contribution is 2.32. The van der Waals surface area contributed by atoms with Crippen LogP contribution in [-0.4, -0.2) is 22.4 Å². The number of fused-ring (bicyclic) bond motifs is 1. The molecule has 0 saturated carbocycles. The van der Waals surface area contributed by atoms with Gasteiger partial charge in [-0.05, 0) is 37.6 Å². The highest BCUT2D eigenvalue weighted by atomic mass is 32.2. The van der Waals surface area contributed by atoms with E-state index >= 15 is 0 Å². The third-order valence-electron chi connectivity index (χ3n) is 4.38. The van der Waals surface area contributed by atoms with E-state index in [1.54, 1.807) is 30.3 Å². The molecule has 0 amide bonds. The van der Waals surface area contributed by atoms with Crippen LogP contribution < -0.4 is 0 Å². The van der Waals surface area contributed by atoms with Crippen LogP contribution in [0.25, 0.3) is 22.3 Å². The minimum Gasteiger partial charge on any atom is -0.241 e. The first-order valence-corrected chi connectivity index (χ1v) is 9.63. The Bertz CT molecular complexity index is 1200. The van der Waals surface area contributed by atoms with Crippen molar-refractivity contribution in [1.29, 1.82) is 0 Å². The van der Waals surface area contributed by atoms with Crippen molar-refractivity contribution >= 4 is 21.1 Å². The van der Waals surface area contributed by atoms with E-state index < -0.39 is 10.0 Å². The SMILES string of the molecule is Cc1ccc(-c2cc3c(C)ncnc3n2S(=O)(=O)c2ccccc2)cc1. The summed E-state index contributed by atoms with van der Waals surface area (Å²) in [4.78, 5) is 8.70. The van der Waals surface area contributed by atoms with Gasteiger partial charge in [-0.15, -0.1) is 0 Å². The molecule has 0 aliphatic rings. The molecule has 0 saturated heterocycles. The molecule has 5 nitrogen and oxygen atoms in total. The monoisotopic (exact) mass is 363 g/mol. The fourth-order valence-corrected chi connectivity index (χ4v) is 4.48. The molecule has 0 unspecified atom stereocenters. The van der Waals surface area contributed by atoms with Gasteiger partial charge in [0.15, 0.2) is 5.65 Å². The van der Waals surface area contributed by atoms with E-state index in [4.69, 9.17) is 0 Å². The minimum atomic E-state index is -3.80. The summed E-state index contributed by atoms with van der Waals surface area (Å²) in [5, 5.41) is 0.725. The molecule has 2 aromatic heterocycles. The summed E-state index contributed by atoms with van der Waals surface area (Å²) in [6, 6.07) is 18.0. The molecule has 0 bridgehead atoms. The molecule has 0 spiro atoms. The second kappa shape index (κ2) is 6.07. The van der Waals surface area contributed by atoms with Crippen molar-refractivity contribution < 1.29 is 8.42 Å². The van der Waals surface area contributed by atoms with E-state index in [0.717, 1.165) is 22.2 Å². The van der Waals surface area contributed by atoms with Gasteiger partial charge in [-0.3, -0.25) is 0 Å². The predicted octanol–water partition coefficient (Wildman–Crippen LogP) is 3.95. The van der Waals surface area contributed by atoms with Crippen LogP contribution in [0.3, 0.4) is 0 Å². The van der Waals surface area contributed by atoms with Gasteiger partial charge in [0.25, 0.3) is 10.0 Å². The van der Waals surface area contributed by atoms with Gasteiger partial charge in [-0.2, -0.15) is 0 Å². The Hall–Kier alpha value is -2.99. The van der Waals surface area contributed by atoms with Crippen LogP contribution in [-0.2, 0) is 10.0 Å². The molecule has 2 heterocycles. The smallest absolute Gasteiger partial charge is 0.241 e. The molecule has 0 atom stereocenters. The van der Waals surface area contributed by atoms with Crippen LogP contribution in [0.1, 0.15) is 11.3 Å². The molecule has 0 aliphatic heterocycles. The maximum Gasteiger partial charge on any atom is 0.269 e. The van der Waals surface area contributed by atoms with Crippen LogP contribution >= 0.6 is 0 Å². The van der Waals surface area contributed by atoms with Gasteiger partial charge in [0, 0.05) is 5.39 Å². The van der Waals surface area contributed by atoms with Gasteiger partial charge < -0.3 is 0 Å². The third-order valence-corrected chi connectivity index (χ3v) is 6.10. The van der Waals surface area contributed by atoms with E-state index in [9.17, 15) is 8.42 Å².